The van der Waals surface area contributed by atoms with Crippen LogP contribution in [0.2, 0.25) is 0 Å². The van der Waals surface area contributed by atoms with Crippen LogP contribution in [0.25, 0.3) is 0 Å². The van der Waals surface area contributed by atoms with E-state index in [9.17, 15) is 13.2 Å². The minimum absolute atomic E-state index is 0.0267. The summed E-state index contributed by atoms with van der Waals surface area (Å²) >= 11 is 0. The summed E-state index contributed by atoms with van der Waals surface area (Å²) in [5.41, 5.74) is 7.35. The minimum Gasteiger partial charge on any atom is -0.279 e. The number of aryl methyl sites for hydroxylation is 2. The van der Waals surface area contributed by atoms with Gasteiger partial charge in [-0.15, -0.1) is 0 Å². The van der Waals surface area contributed by atoms with Gasteiger partial charge in [-0.1, -0.05) is 49.6 Å². The van der Waals surface area contributed by atoms with Crippen LogP contribution in [-0.4, -0.2) is 20.0 Å². The number of nitrogens with zero attached hydrogens (tertiary/aromatic N) is 1. The number of unbranched alkanes of at least 4 members (excludes halogenated alkanes) is 2. The second-order valence-electron chi connectivity index (χ2n) is 8.18. The molecule has 2 N–H and O–H groups in total. The molecule has 0 saturated heterocycles. The minimum atomic E-state index is -3.83. The second-order valence-corrected chi connectivity index (χ2v) is 9.86. The van der Waals surface area contributed by atoms with Crippen LogP contribution in [-0.2, 0) is 10.0 Å². The molecule has 0 aliphatic heterocycles. The Bertz CT molecular complexity index is 1150. The number of anilines is 1. The number of allylic oxidation sites excluding steroid dienone is 2. The molecule has 0 heterocycles. The Morgan fingerprint density at radius 2 is 1.91 bits per heavy atom. The quantitative estimate of drug-likeness (QED) is 0.389. The lowest BCUT2D eigenvalue weighted by Crippen LogP contribution is -2.21. The van der Waals surface area contributed by atoms with Crippen molar-refractivity contribution in [2.24, 2.45) is 5.10 Å². The molecule has 0 saturated carbocycles. The first-order chi connectivity index (χ1) is 15.3. The highest BCUT2D eigenvalue weighted by Crippen LogP contribution is 2.22. The number of sulfonamides is 1. The molecule has 3 rings (SSSR count). The van der Waals surface area contributed by atoms with Crippen molar-refractivity contribution in [1.82, 2.24) is 5.43 Å². The van der Waals surface area contributed by atoms with Crippen molar-refractivity contribution in [2.45, 2.75) is 64.2 Å². The largest absolute Gasteiger partial charge is 0.279 e. The average molecular weight is 454 g/mol. The normalized spacial score (nSPS) is 15.0. The summed E-state index contributed by atoms with van der Waals surface area (Å²) in [6, 6.07) is 11.5. The summed E-state index contributed by atoms with van der Waals surface area (Å²) in [4.78, 5) is 12.7. The molecular formula is C25H31N3O3S. The third-order valence-corrected chi connectivity index (χ3v) is 6.88. The van der Waals surface area contributed by atoms with E-state index >= 15 is 0 Å². The molecule has 6 nitrogen and oxygen atoms in total. The fourth-order valence-corrected chi connectivity index (χ4v) is 4.90. The topological polar surface area (TPSA) is 87.6 Å². The van der Waals surface area contributed by atoms with Crippen LogP contribution in [0, 0.1) is 13.8 Å². The van der Waals surface area contributed by atoms with Gasteiger partial charge in [0.25, 0.3) is 15.9 Å². The highest BCUT2D eigenvalue weighted by Gasteiger charge is 2.18. The Morgan fingerprint density at radius 1 is 1.09 bits per heavy atom. The molecule has 1 aliphatic carbocycles. The number of nitrogens with one attached hydrogen (secondary N) is 2. The maximum atomic E-state index is 12.9. The Morgan fingerprint density at radius 3 is 2.66 bits per heavy atom. The first-order valence-electron chi connectivity index (χ1n) is 11.1. The van der Waals surface area contributed by atoms with Gasteiger partial charge >= 0.3 is 0 Å². The van der Waals surface area contributed by atoms with Gasteiger partial charge in [-0.2, -0.15) is 5.10 Å². The van der Waals surface area contributed by atoms with E-state index in [4.69, 9.17) is 0 Å². The third kappa shape index (κ3) is 6.07. The summed E-state index contributed by atoms with van der Waals surface area (Å²) in [5.74, 6) is -0.430. The third-order valence-electron chi connectivity index (χ3n) is 5.52. The van der Waals surface area contributed by atoms with E-state index in [1.54, 1.807) is 18.2 Å². The standard InChI is InChI=1S/C25H31N3O3S/c1-4-5-6-9-20-10-8-13-24(20)26-27-25(29)21-11-7-12-22(17-21)32(30,31)28-23-15-14-18(2)16-19(23)3/h7,10-12,14-17,28H,4-6,8-9,13H2,1-3H3,(H,27,29). The molecule has 1 amide bonds. The number of carbonyl (C=O) groups is 1. The van der Waals surface area contributed by atoms with E-state index in [0.29, 0.717) is 5.69 Å². The van der Waals surface area contributed by atoms with Crippen molar-refractivity contribution in [3.63, 3.8) is 0 Å². The summed E-state index contributed by atoms with van der Waals surface area (Å²) in [6.45, 7) is 5.97. The average Bonchev–Trinajstić information content (AvgIpc) is 3.21. The Kier molecular flexibility index (Phi) is 7.85. The Hall–Kier alpha value is -2.93. The highest BCUT2D eigenvalue weighted by molar-refractivity contribution is 7.92. The van der Waals surface area contributed by atoms with Gasteiger partial charge in [-0.3, -0.25) is 9.52 Å². The van der Waals surface area contributed by atoms with Gasteiger partial charge < -0.3 is 0 Å². The van der Waals surface area contributed by atoms with Crippen molar-refractivity contribution < 1.29 is 13.2 Å². The van der Waals surface area contributed by atoms with Crippen molar-refractivity contribution in [3.8, 4) is 0 Å². The van der Waals surface area contributed by atoms with Crippen LogP contribution in [0.4, 0.5) is 5.69 Å². The Balaban J connectivity index is 1.71. The number of hydrogen-bond donors (Lipinski definition) is 2. The second kappa shape index (κ2) is 10.6. The fraction of sp³-hybridized carbons (Fsp3) is 0.360. The summed E-state index contributed by atoms with van der Waals surface area (Å²) in [5, 5.41) is 4.32. The van der Waals surface area contributed by atoms with E-state index in [-0.39, 0.29) is 10.5 Å². The molecular weight excluding hydrogens is 422 g/mol. The van der Waals surface area contributed by atoms with Crippen LogP contribution in [0.15, 0.2) is 64.1 Å². The van der Waals surface area contributed by atoms with Gasteiger partial charge in [0.1, 0.15) is 0 Å². The number of rotatable bonds is 9. The predicted octanol–water partition coefficient (Wildman–Crippen LogP) is 5.49. The molecule has 0 radical (unpaired) electrons. The molecule has 170 valence electrons. The predicted molar refractivity (Wildman–Crippen MR) is 130 cm³/mol. The molecule has 0 atom stereocenters. The zero-order chi connectivity index (χ0) is 23.1. The van der Waals surface area contributed by atoms with Gasteiger partial charge in [0.05, 0.1) is 16.3 Å². The molecule has 0 bridgehead atoms. The molecule has 1 aliphatic rings. The molecule has 7 heteroatoms. The van der Waals surface area contributed by atoms with Gasteiger partial charge in [-0.05, 0) is 74.9 Å². The lowest BCUT2D eigenvalue weighted by Gasteiger charge is -2.12. The van der Waals surface area contributed by atoms with E-state index in [1.165, 1.54) is 24.1 Å². The van der Waals surface area contributed by atoms with Gasteiger partial charge in [0.2, 0.25) is 0 Å². The number of carbonyl (C=O) groups excluding carboxylic acids is 1. The van der Waals surface area contributed by atoms with Crippen LogP contribution in [0.1, 0.15) is 66.9 Å². The number of hydrazone groups is 1. The summed E-state index contributed by atoms with van der Waals surface area (Å²) in [7, 11) is -3.83. The molecule has 0 spiro atoms. The van der Waals surface area contributed by atoms with Gasteiger partial charge in [0, 0.05) is 5.56 Å². The first kappa shape index (κ1) is 23.7. The van der Waals surface area contributed by atoms with Crippen molar-refractivity contribution >= 4 is 27.3 Å². The van der Waals surface area contributed by atoms with Crippen LogP contribution in [0.3, 0.4) is 0 Å². The van der Waals surface area contributed by atoms with Crippen LogP contribution < -0.4 is 10.1 Å². The van der Waals surface area contributed by atoms with Crippen molar-refractivity contribution in [3.05, 3.63) is 70.8 Å². The maximum absolute atomic E-state index is 12.9. The maximum Gasteiger partial charge on any atom is 0.271 e. The first-order valence-corrected chi connectivity index (χ1v) is 12.5. The molecule has 0 aromatic heterocycles. The van der Waals surface area contributed by atoms with E-state index in [2.05, 4.69) is 28.2 Å². The molecule has 0 fully saturated rings. The summed E-state index contributed by atoms with van der Waals surface area (Å²) < 4.78 is 28.4. The van der Waals surface area contributed by atoms with Gasteiger partial charge in [0.15, 0.2) is 0 Å². The lowest BCUT2D eigenvalue weighted by atomic mass is 10.1. The smallest absolute Gasteiger partial charge is 0.271 e. The number of benzene rings is 2. The van der Waals surface area contributed by atoms with Crippen molar-refractivity contribution in [1.29, 1.82) is 0 Å². The zero-order valence-electron chi connectivity index (χ0n) is 18.9. The van der Waals surface area contributed by atoms with Crippen LogP contribution >= 0.6 is 0 Å². The van der Waals surface area contributed by atoms with Crippen molar-refractivity contribution in [2.75, 3.05) is 4.72 Å². The van der Waals surface area contributed by atoms with E-state index in [1.807, 2.05) is 26.0 Å². The number of hydrogen-bond acceptors (Lipinski definition) is 4. The molecule has 2 aromatic rings. The summed E-state index contributed by atoms with van der Waals surface area (Å²) in [6.07, 6.45) is 8.36. The monoisotopic (exact) mass is 453 g/mol. The number of amides is 1. The van der Waals surface area contributed by atoms with Crippen LogP contribution in [0.5, 0.6) is 0 Å². The highest BCUT2D eigenvalue weighted by atomic mass is 32.2. The van der Waals surface area contributed by atoms with E-state index < -0.39 is 15.9 Å². The molecule has 32 heavy (non-hydrogen) atoms. The zero-order valence-corrected chi connectivity index (χ0v) is 19.8. The van der Waals surface area contributed by atoms with E-state index in [0.717, 1.165) is 48.9 Å². The fourth-order valence-electron chi connectivity index (χ4n) is 3.72. The Labute approximate surface area is 190 Å². The lowest BCUT2D eigenvalue weighted by molar-refractivity contribution is 0.0954. The SMILES string of the molecule is CCCCCC1=CCCC1=NNC(=O)c1cccc(S(=O)(=O)Nc2ccc(C)cc2C)c1. The van der Waals surface area contributed by atoms with Gasteiger partial charge in [-0.25, -0.2) is 13.8 Å². The molecule has 0 unspecified atom stereocenters. The molecule has 2 aromatic carbocycles.